The fourth-order valence-corrected chi connectivity index (χ4v) is 6.37. The zero-order valence-electron chi connectivity index (χ0n) is 24.8. The first-order valence-corrected chi connectivity index (χ1v) is 17.1. The summed E-state index contributed by atoms with van der Waals surface area (Å²) in [6.45, 7) is 5.17. The highest BCUT2D eigenvalue weighted by atomic mass is 35.5. The van der Waals surface area contributed by atoms with E-state index in [9.17, 15) is 24.3 Å². The maximum absolute atomic E-state index is 12.5. The number of hydrogen-bond donors (Lipinski definition) is 4. The van der Waals surface area contributed by atoms with Crippen LogP contribution in [0.2, 0.25) is 5.02 Å². The number of alkyl carbamates (subject to hydrolysis) is 1. The van der Waals surface area contributed by atoms with Crippen molar-refractivity contribution in [2.75, 3.05) is 12.8 Å². The zero-order valence-corrected chi connectivity index (χ0v) is 27.3. The maximum atomic E-state index is 12.5. The normalized spacial score (nSPS) is 13.3. The molecular formula is C32H41ClNO7PS. The third kappa shape index (κ3) is 12.9. The standard InChI is InChI=1S/C32H41ClNO7PS/c1-31(2,3)41-30(36)34-32(23-35,18-19-42(37,38)39)17-8-7-12-25-15-16-28(21-29(25)33)43-27-14-9-13-26(20-27)40-22-24-10-5-4-6-11-24/h4-6,9-11,13-16,20-21,35H,7-8,12,17-19,22-23H2,1-3H3,(H,34,36)(H2,37,38,39). The van der Waals surface area contributed by atoms with Gasteiger partial charge in [-0.2, -0.15) is 0 Å². The minimum Gasteiger partial charge on any atom is -0.489 e. The predicted molar refractivity (Wildman–Crippen MR) is 171 cm³/mol. The number of hydrogen-bond acceptors (Lipinski definition) is 6. The Balaban J connectivity index is 1.56. The summed E-state index contributed by atoms with van der Waals surface area (Å²) in [6.07, 6.45) is 0.974. The van der Waals surface area contributed by atoms with Gasteiger partial charge in [0.2, 0.25) is 0 Å². The van der Waals surface area contributed by atoms with Gasteiger partial charge < -0.3 is 29.7 Å². The highest BCUT2D eigenvalue weighted by Crippen LogP contribution is 2.38. The van der Waals surface area contributed by atoms with Crippen molar-refractivity contribution in [2.24, 2.45) is 0 Å². The first-order valence-electron chi connectivity index (χ1n) is 14.2. The van der Waals surface area contributed by atoms with Crippen LogP contribution in [-0.2, 0) is 22.3 Å². The Hall–Kier alpha value is -2.52. The number of aliphatic hydroxyl groups excluding tert-OH is 1. The molecule has 1 atom stereocenters. The van der Waals surface area contributed by atoms with E-state index in [4.69, 9.17) is 21.1 Å². The molecule has 3 aromatic carbocycles. The molecule has 234 valence electrons. The first-order chi connectivity index (χ1) is 20.3. The highest BCUT2D eigenvalue weighted by Gasteiger charge is 2.35. The molecule has 0 saturated heterocycles. The van der Waals surface area contributed by atoms with Gasteiger partial charge >= 0.3 is 13.7 Å². The minimum absolute atomic E-state index is 0.0851. The molecule has 0 saturated carbocycles. The number of carbonyl (C=O) groups excluding carboxylic acids is 1. The van der Waals surface area contributed by atoms with Gasteiger partial charge in [0.15, 0.2) is 0 Å². The lowest BCUT2D eigenvalue weighted by Gasteiger charge is -2.34. The van der Waals surface area contributed by atoms with Crippen LogP contribution in [-0.4, -0.2) is 44.9 Å². The second kappa shape index (κ2) is 16.0. The second-order valence-electron chi connectivity index (χ2n) is 11.5. The number of aryl methyl sites for hydroxylation is 1. The van der Waals surface area contributed by atoms with Gasteiger partial charge in [0.1, 0.15) is 18.0 Å². The average molecular weight is 650 g/mol. The van der Waals surface area contributed by atoms with E-state index in [-0.39, 0.29) is 6.42 Å². The average Bonchev–Trinajstić information content (AvgIpc) is 2.93. The van der Waals surface area contributed by atoms with Crippen LogP contribution in [0.25, 0.3) is 0 Å². The molecule has 1 amide bonds. The summed E-state index contributed by atoms with van der Waals surface area (Å²) in [4.78, 5) is 33.3. The molecule has 3 aromatic rings. The van der Waals surface area contributed by atoms with E-state index in [1.54, 1.807) is 32.5 Å². The van der Waals surface area contributed by atoms with E-state index in [1.165, 1.54) is 0 Å². The molecule has 0 aliphatic carbocycles. The van der Waals surface area contributed by atoms with Gasteiger partial charge in [-0.3, -0.25) is 4.57 Å². The zero-order chi connectivity index (χ0) is 31.5. The minimum atomic E-state index is -4.33. The molecule has 0 fully saturated rings. The molecule has 0 aliphatic heterocycles. The molecule has 4 N–H and O–H groups in total. The van der Waals surface area contributed by atoms with Crippen molar-refractivity contribution in [3.05, 3.63) is 88.9 Å². The number of carbonyl (C=O) groups is 1. The Morgan fingerprint density at radius 3 is 2.33 bits per heavy atom. The Morgan fingerprint density at radius 1 is 0.953 bits per heavy atom. The van der Waals surface area contributed by atoms with Crippen LogP contribution in [0.1, 0.15) is 57.6 Å². The van der Waals surface area contributed by atoms with Crippen molar-refractivity contribution < 1.29 is 33.7 Å². The fourth-order valence-electron chi connectivity index (χ4n) is 4.41. The smallest absolute Gasteiger partial charge is 0.408 e. The Bertz CT molecular complexity index is 1380. The first kappa shape index (κ1) is 35.0. The SMILES string of the molecule is CC(C)(C)OC(=O)NC(CO)(CCCCc1ccc(Sc2cccc(OCc3ccccc3)c2)cc1Cl)CCP(=O)(O)O. The largest absolute Gasteiger partial charge is 0.489 e. The van der Waals surface area contributed by atoms with Gasteiger partial charge in [0.05, 0.1) is 18.3 Å². The summed E-state index contributed by atoms with van der Waals surface area (Å²) in [6, 6.07) is 23.9. The third-order valence-corrected chi connectivity index (χ3v) is 8.75. The van der Waals surface area contributed by atoms with Gasteiger partial charge in [0.25, 0.3) is 0 Å². The van der Waals surface area contributed by atoms with Crippen LogP contribution in [0.5, 0.6) is 5.75 Å². The van der Waals surface area contributed by atoms with Crippen molar-refractivity contribution in [1.82, 2.24) is 5.32 Å². The van der Waals surface area contributed by atoms with Gasteiger partial charge in [-0.15, -0.1) is 0 Å². The maximum Gasteiger partial charge on any atom is 0.408 e. The van der Waals surface area contributed by atoms with Crippen molar-refractivity contribution in [2.45, 2.75) is 80.4 Å². The van der Waals surface area contributed by atoms with Crippen molar-refractivity contribution in [1.29, 1.82) is 0 Å². The summed E-state index contributed by atoms with van der Waals surface area (Å²) in [5.74, 6) is 0.789. The lowest BCUT2D eigenvalue weighted by molar-refractivity contribution is 0.0376. The number of ether oxygens (including phenoxy) is 2. The molecule has 0 aromatic heterocycles. The van der Waals surface area contributed by atoms with Gasteiger partial charge in [-0.05, 0) is 87.9 Å². The van der Waals surface area contributed by atoms with Crippen molar-refractivity contribution in [3.63, 3.8) is 0 Å². The number of benzene rings is 3. The predicted octanol–water partition coefficient (Wildman–Crippen LogP) is 7.61. The van der Waals surface area contributed by atoms with Crippen LogP contribution >= 0.6 is 31.0 Å². The second-order valence-corrected chi connectivity index (χ2v) is 14.8. The van der Waals surface area contributed by atoms with E-state index >= 15 is 0 Å². The number of amides is 1. The molecule has 8 nitrogen and oxygen atoms in total. The number of rotatable bonds is 15. The lowest BCUT2D eigenvalue weighted by Crippen LogP contribution is -2.53. The van der Waals surface area contributed by atoms with E-state index in [0.717, 1.165) is 26.7 Å². The van der Waals surface area contributed by atoms with E-state index < -0.39 is 37.6 Å². The topological polar surface area (TPSA) is 125 Å². The number of unbranched alkanes of at least 4 members (excludes halogenated alkanes) is 1. The van der Waals surface area contributed by atoms with Crippen LogP contribution in [0.4, 0.5) is 4.79 Å². The van der Waals surface area contributed by atoms with E-state index in [2.05, 4.69) is 5.32 Å². The van der Waals surface area contributed by atoms with Gasteiger partial charge in [-0.25, -0.2) is 4.79 Å². The summed E-state index contributed by atoms with van der Waals surface area (Å²) >= 11 is 8.22. The van der Waals surface area contributed by atoms with E-state index in [1.807, 2.05) is 72.8 Å². The fraction of sp³-hybridized carbons (Fsp3) is 0.406. The number of aliphatic hydroxyl groups is 1. The molecule has 0 spiro atoms. The third-order valence-electron chi connectivity index (χ3n) is 6.62. The molecule has 0 heterocycles. The monoisotopic (exact) mass is 649 g/mol. The van der Waals surface area contributed by atoms with Crippen molar-refractivity contribution >= 4 is 37.1 Å². The molecule has 0 bridgehead atoms. The summed E-state index contributed by atoms with van der Waals surface area (Å²) < 4.78 is 22.8. The van der Waals surface area contributed by atoms with Crippen LogP contribution in [0, 0.1) is 0 Å². The summed E-state index contributed by atoms with van der Waals surface area (Å²) in [5.41, 5.74) is 0.100. The van der Waals surface area contributed by atoms with Gasteiger partial charge in [0, 0.05) is 14.8 Å². The molecule has 1 unspecified atom stereocenters. The summed E-state index contributed by atoms with van der Waals surface area (Å²) in [5, 5.41) is 13.5. The molecule has 43 heavy (non-hydrogen) atoms. The van der Waals surface area contributed by atoms with Crippen molar-refractivity contribution in [3.8, 4) is 5.75 Å². The van der Waals surface area contributed by atoms with E-state index in [0.29, 0.717) is 37.3 Å². The lowest BCUT2D eigenvalue weighted by atomic mass is 9.89. The molecular weight excluding hydrogens is 609 g/mol. The Morgan fingerprint density at radius 2 is 1.67 bits per heavy atom. The number of halogens is 1. The quantitative estimate of drug-likeness (QED) is 0.0979. The van der Waals surface area contributed by atoms with Crippen LogP contribution in [0.15, 0.2) is 82.6 Å². The Kier molecular flexibility index (Phi) is 13.0. The highest BCUT2D eigenvalue weighted by molar-refractivity contribution is 7.99. The summed E-state index contributed by atoms with van der Waals surface area (Å²) in [7, 11) is -4.33. The number of nitrogens with one attached hydrogen (secondary N) is 1. The molecule has 11 heteroatoms. The van der Waals surface area contributed by atoms with Gasteiger partial charge in [-0.1, -0.05) is 72.2 Å². The van der Waals surface area contributed by atoms with Crippen LogP contribution in [0.3, 0.4) is 0 Å². The molecule has 3 rings (SSSR count). The Labute approximate surface area is 263 Å². The van der Waals surface area contributed by atoms with Crippen LogP contribution < -0.4 is 10.1 Å². The molecule has 0 aliphatic rings. The molecule has 0 radical (unpaired) electrons.